The molecular formula is C17H21N3. The van der Waals surface area contributed by atoms with E-state index in [1.54, 1.807) is 0 Å². The normalized spacial score (nSPS) is 10.2. The molecule has 2 aromatic rings. The summed E-state index contributed by atoms with van der Waals surface area (Å²) in [5.74, 6) is 5.96. The quantitative estimate of drug-likeness (QED) is 0.864. The molecule has 0 spiro atoms. The van der Waals surface area contributed by atoms with Crippen LogP contribution in [0.1, 0.15) is 36.4 Å². The minimum Gasteiger partial charge on any atom is -0.320 e. The summed E-state index contributed by atoms with van der Waals surface area (Å²) in [5, 5.41) is 4.65. The molecule has 0 atom stereocenters. The first-order valence-electron chi connectivity index (χ1n) is 7.10. The second-order valence-corrected chi connectivity index (χ2v) is 4.70. The van der Waals surface area contributed by atoms with Crippen LogP contribution in [-0.4, -0.2) is 16.3 Å². The summed E-state index contributed by atoms with van der Waals surface area (Å²) in [6, 6.07) is 10.5. The van der Waals surface area contributed by atoms with Crippen molar-refractivity contribution in [1.29, 1.82) is 0 Å². The molecule has 2 N–H and O–H groups in total. The van der Waals surface area contributed by atoms with E-state index in [4.69, 9.17) is 5.73 Å². The molecule has 0 aliphatic heterocycles. The van der Waals surface area contributed by atoms with Crippen molar-refractivity contribution in [1.82, 2.24) is 9.78 Å². The summed E-state index contributed by atoms with van der Waals surface area (Å²) in [5.41, 5.74) is 10.1. The van der Waals surface area contributed by atoms with E-state index in [-0.39, 0.29) is 0 Å². The standard InChI is InChI=1S/C17H21N3/c1-3-16-12-17(4-2)20(19-16)13-15-8-5-7-14(11-15)9-6-10-18/h5,7-8,11-12H,3-4,10,13,18H2,1-2H3. The topological polar surface area (TPSA) is 43.8 Å². The van der Waals surface area contributed by atoms with Gasteiger partial charge in [0, 0.05) is 11.3 Å². The molecule has 1 aromatic heterocycles. The molecule has 1 heterocycles. The summed E-state index contributed by atoms with van der Waals surface area (Å²) in [4.78, 5) is 0. The van der Waals surface area contributed by atoms with E-state index in [2.05, 4.69) is 53.7 Å². The zero-order valence-electron chi connectivity index (χ0n) is 12.2. The van der Waals surface area contributed by atoms with Crippen molar-refractivity contribution < 1.29 is 0 Å². The minimum absolute atomic E-state index is 0.392. The van der Waals surface area contributed by atoms with Gasteiger partial charge in [-0.15, -0.1) is 0 Å². The van der Waals surface area contributed by atoms with Gasteiger partial charge in [-0.25, -0.2) is 0 Å². The van der Waals surface area contributed by atoms with Crippen molar-refractivity contribution in [3.8, 4) is 11.8 Å². The molecule has 0 amide bonds. The van der Waals surface area contributed by atoms with Crippen LogP contribution in [0.5, 0.6) is 0 Å². The monoisotopic (exact) mass is 267 g/mol. The Labute approximate surface area is 120 Å². The number of rotatable bonds is 4. The average Bonchev–Trinajstić information content (AvgIpc) is 2.87. The zero-order chi connectivity index (χ0) is 14.4. The Kier molecular flexibility index (Phi) is 4.97. The van der Waals surface area contributed by atoms with Gasteiger partial charge >= 0.3 is 0 Å². The zero-order valence-corrected chi connectivity index (χ0v) is 12.2. The summed E-state index contributed by atoms with van der Waals surface area (Å²) in [7, 11) is 0. The van der Waals surface area contributed by atoms with Crippen LogP contribution in [0.25, 0.3) is 0 Å². The molecule has 1 aromatic carbocycles. The Morgan fingerprint density at radius 3 is 2.75 bits per heavy atom. The number of aryl methyl sites for hydroxylation is 2. The Bertz CT molecular complexity index is 629. The highest BCUT2D eigenvalue weighted by Gasteiger charge is 2.06. The van der Waals surface area contributed by atoms with Gasteiger partial charge in [-0.3, -0.25) is 4.68 Å². The van der Waals surface area contributed by atoms with Crippen molar-refractivity contribution in [3.05, 3.63) is 52.8 Å². The van der Waals surface area contributed by atoms with Crippen molar-refractivity contribution in [2.45, 2.75) is 33.2 Å². The summed E-state index contributed by atoms with van der Waals surface area (Å²) < 4.78 is 2.09. The number of nitrogens with zero attached hydrogens (tertiary/aromatic N) is 2. The minimum atomic E-state index is 0.392. The molecule has 0 radical (unpaired) electrons. The van der Waals surface area contributed by atoms with Gasteiger partial charge in [-0.05, 0) is 36.6 Å². The van der Waals surface area contributed by atoms with E-state index in [1.807, 2.05) is 12.1 Å². The van der Waals surface area contributed by atoms with Gasteiger partial charge in [-0.2, -0.15) is 5.10 Å². The van der Waals surface area contributed by atoms with Crippen LogP contribution >= 0.6 is 0 Å². The largest absolute Gasteiger partial charge is 0.320 e. The highest BCUT2D eigenvalue weighted by atomic mass is 15.3. The maximum Gasteiger partial charge on any atom is 0.0663 e. The van der Waals surface area contributed by atoms with Gasteiger partial charge in [0.05, 0.1) is 18.8 Å². The highest BCUT2D eigenvalue weighted by Crippen LogP contribution is 2.11. The van der Waals surface area contributed by atoms with E-state index in [0.29, 0.717) is 6.54 Å². The van der Waals surface area contributed by atoms with E-state index < -0.39 is 0 Å². The van der Waals surface area contributed by atoms with Crippen LogP contribution in [-0.2, 0) is 19.4 Å². The molecule has 20 heavy (non-hydrogen) atoms. The average molecular weight is 267 g/mol. The third-order valence-electron chi connectivity index (χ3n) is 3.23. The number of benzene rings is 1. The van der Waals surface area contributed by atoms with Gasteiger partial charge in [0.25, 0.3) is 0 Å². The van der Waals surface area contributed by atoms with Crippen LogP contribution < -0.4 is 5.73 Å². The lowest BCUT2D eigenvalue weighted by Crippen LogP contribution is -2.06. The molecule has 2 rings (SSSR count). The fourth-order valence-electron chi connectivity index (χ4n) is 2.18. The number of hydrogen-bond acceptors (Lipinski definition) is 2. The summed E-state index contributed by atoms with van der Waals surface area (Å²) in [6.07, 6.45) is 1.97. The van der Waals surface area contributed by atoms with Gasteiger partial charge in [0.15, 0.2) is 0 Å². The van der Waals surface area contributed by atoms with E-state index >= 15 is 0 Å². The Morgan fingerprint density at radius 2 is 2.05 bits per heavy atom. The number of hydrogen-bond donors (Lipinski definition) is 1. The lowest BCUT2D eigenvalue weighted by molar-refractivity contribution is 0.640. The van der Waals surface area contributed by atoms with Crippen molar-refractivity contribution in [3.63, 3.8) is 0 Å². The van der Waals surface area contributed by atoms with Gasteiger partial charge in [0.1, 0.15) is 0 Å². The van der Waals surface area contributed by atoms with Gasteiger partial charge in [0.2, 0.25) is 0 Å². The second kappa shape index (κ2) is 6.93. The molecular weight excluding hydrogens is 246 g/mol. The van der Waals surface area contributed by atoms with Crippen LogP contribution in [0, 0.1) is 11.8 Å². The maximum atomic E-state index is 5.41. The summed E-state index contributed by atoms with van der Waals surface area (Å²) in [6.45, 7) is 5.48. The van der Waals surface area contributed by atoms with Crippen LogP contribution in [0.2, 0.25) is 0 Å². The lowest BCUT2D eigenvalue weighted by Gasteiger charge is -2.06. The number of aromatic nitrogens is 2. The summed E-state index contributed by atoms with van der Waals surface area (Å²) >= 11 is 0. The molecule has 3 nitrogen and oxygen atoms in total. The Morgan fingerprint density at radius 1 is 1.20 bits per heavy atom. The SMILES string of the molecule is CCc1cc(CC)n(Cc2cccc(C#CCN)c2)n1. The van der Waals surface area contributed by atoms with Gasteiger partial charge in [-0.1, -0.05) is 37.8 Å². The molecule has 0 fully saturated rings. The van der Waals surface area contributed by atoms with E-state index in [9.17, 15) is 0 Å². The Balaban J connectivity index is 2.23. The molecule has 104 valence electrons. The molecule has 0 bridgehead atoms. The highest BCUT2D eigenvalue weighted by molar-refractivity contribution is 5.37. The number of nitrogens with two attached hydrogens (primary N) is 1. The van der Waals surface area contributed by atoms with Gasteiger partial charge < -0.3 is 5.73 Å². The first-order chi connectivity index (χ1) is 9.76. The lowest BCUT2D eigenvalue weighted by atomic mass is 10.1. The first-order valence-corrected chi connectivity index (χ1v) is 7.10. The molecule has 0 aliphatic carbocycles. The third kappa shape index (κ3) is 3.49. The second-order valence-electron chi connectivity index (χ2n) is 4.70. The fourth-order valence-corrected chi connectivity index (χ4v) is 2.18. The third-order valence-corrected chi connectivity index (χ3v) is 3.23. The first kappa shape index (κ1) is 14.4. The molecule has 0 saturated heterocycles. The molecule has 3 heteroatoms. The maximum absolute atomic E-state index is 5.41. The van der Waals surface area contributed by atoms with E-state index in [1.165, 1.54) is 11.3 Å². The molecule has 0 aliphatic rings. The molecule has 0 unspecified atom stereocenters. The van der Waals surface area contributed by atoms with Crippen LogP contribution in [0.15, 0.2) is 30.3 Å². The van der Waals surface area contributed by atoms with Crippen LogP contribution in [0.4, 0.5) is 0 Å². The fraction of sp³-hybridized carbons (Fsp3) is 0.353. The van der Waals surface area contributed by atoms with Crippen molar-refractivity contribution >= 4 is 0 Å². The van der Waals surface area contributed by atoms with Crippen LogP contribution in [0.3, 0.4) is 0 Å². The smallest absolute Gasteiger partial charge is 0.0663 e. The van der Waals surface area contributed by atoms with Crippen molar-refractivity contribution in [2.75, 3.05) is 6.54 Å². The van der Waals surface area contributed by atoms with E-state index in [0.717, 1.165) is 30.6 Å². The predicted octanol–water partition coefficient (Wildman–Crippen LogP) is 2.37. The predicted molar refractivity (Wildman–Crippen MR) is 82.5 cm³/mol. The van der Waals surface area contributed by atoms with Crippen molar-refractivity contribution in [2.24, 2.45) is 5.73 Å². The Hall–Kier alpha value is -2.05. The molecule has 0 saturated carbocycles.